The molecule has 0 bridgehead atoms. The van der Waals surface area contributed by atoms with E-state index in [4.69, 9.17) is 0 Å². The van der Waals surface area contributed by atoms with Crippen LogP contribution in [0.2, 0.25) is 0 Å². The second-order valence-corrected chi connectivity index (χ2v) is 5.80. The fourth-order valence-electron chi connectivity index (χ4n) is 2.81. The molecule has 0 saturated carbocycles. The number of nitrogens with one attached hydrogen (secondary N) is 1. The molecule has 4 aromatic rings. The molecule has 0 aliphatic rings. The predicted molar refractivity (Wildman–Crippen MR) is 98.9 cm³/mol. The molecule has 3 heterocycles. The molecule has 26 heavy (non-hydrogen) atoms. The topological polar surface area (TPSA) is 59.8 Å². The standard InChI is InChI=1S/C20H15FN4O/c21-16-1-3-17(4-2-16)25-12-8-15-7-11-23-19(18(15)20(25)26)24-13-14-5-9-22-10-6-14/h1-12H,13H2,(H,23,24). The van der Waals surface area contributed by atoms with Gasteiger partial charge in [-0.2, -0.15) is 0 Å². The van der Waals surface area contributed by atoms with Crippen molar-refractivity contribution in [3.63, 3.8) is 0 Å². The SMILES string of the molecule is O=c1c2c(NCc3ccncc3)nccc2ccn1-c1ccc(F)cc1. The Hall–Kier alpha value is -3.54. The summed E-state index contributed by atoms with van der Waals surface area (Å²) in [5, 5.41) is 4.51. The molecule has 0 atom stereocenters. The number of aromatic nitrogens is 3. The van der Waals surface area contributed by atoms with Gasteiger partial charge < -0.3 is 5.32 Å². The molecule has 0 spiro atoms. The van der Waals surface area contributed by atoms with Crippen LogP contribution >= 0.6 is 0 Å². The molecule has 0 aliphatic carbocycles. The molecular formula is C20H15FN4O. The van der Waals surface area contributed by atoms with Crippen LogP contribution < -0.4 is 10.9 Å². The largest absolute Gasteiger partial charge is 0.365 e. The Bertz CT molecular complexity index is 1110. The number of fused-ring (bicyclic) bond motifs is 1. The highest BCUT2D eigenvalue weighted by molar-refractivity contribution is 5.91. The lowest BCUT2D eigenvalue weighted by Crippen LogP contribution is -2.19. The molecule has 0 unspecified atom stereocenters. The fraction of sp³-hybridized carbons (Fsp3) is 0.0500. The van der Waals surface area contributed by atoms with E-state index in [0.29, 0.717) is 23.4 Å². The van der Waals surface area contributed by atoms with Crippen LogP contribution in [0, 0.1) is 5.82 Å². The summed E-state index contributed by atoms with van der Waals surface area (Å²) in [5.41, 5.74) is 1.43. The number of benzene rings is 1. The van der Waals surface area contributed by atoms with E-state index in [0.717, 1.165) is 10.9 Å². The number of hydrogen-bond donors (Lipinski definition) is 1. The highest BCUT2D eigenvalue weighted by atomic mass is 19.1. The first-order valence-corrected chi connectivity index (χ1v) is 8.11. The average Bonchev–Trinajstić information content (AvgIpc) is 2.68. The van der Waals surface area contributed by atoms with Crippen LogP contribution in [0.5, 0.6) is 0 Å². The van der Waals surface area contributed by atoms with Gasteiger partial charge in [0.2, 0.25) is 0 Å². The van der Waals surface area contributed by atoms with Crippen LogP contribution in [-0.2, 0) is 6.54 Å². The van der Waals surface area contributed by atoms with Crippen molar-refractivity contribution in [2.24, 2.45) is 0 Å². The molecule has 1 aromatic carbocycles. The van der Waals surface area contributed by atoms with Gasteiger partial charge in [0.05, 0.1) is 5.39 Å². The zero-order valence-corrected chi connectivity index (χ0v) is 13.8. The molecule has 128 valence electrons. The molecule has 3 aromatic heterocycles. The molecule has 5 nitrogen and oxygen atoms in total. The van der Waals surface area contributed by atoms with Gasteiger partial charge in [0.25, 0.3) is 5.56 Å². The number of pyridine rings is 3. The minimum absolute atomic E-state index is 0.209. The number of hydrogen-bond acceptors (Lipinski definition) is 4. The Morgan fingerprint density at radius 3 is 2.50 bits per heavy atom. The first-order valence-electron chi connectivity index (χ1n) is 8.11. The van der Waals surface area contributed by atoms with E-state index in [1.807, 2.05) is 18.2 Å². The Labute approximate surface area is 148 Å². The van der Waals surface area contributed by atoms with Crippen molar-refractivity contribution in [1.82, 2.24) is 14.5 Å². The van der Waals surface area contributed by atoms with Crippen LogP contribution in [-0.4, -0.2) is 14.5 Å². The predicted octanol–water partition coefficient (Wildman–Crippen LogP) is 3.53. The fourth-order valence-corrected chi connectivity index (χ4v) is 2.81. The van der Waals surface area contributed by atoms with Crippen LogP contribution in [0.4, 0.5) is 10.2 Å². The zero-order chi connectivity index (χ0) is 17.9. The van der Waals surface area contributed by atoms with Gasteiger partial charge in [-0.1, -0.05) is 0 Å². The number of halogens is 1. The average molecular weight is 346 g/mol. The first-order chi connectivity index (χ1) is 12.7. The van der Waals surface area contributed by atoms with Crippen molar-refractivity contribution in [1.29, 1.82) is 0 Å². The van der Waals surface area contributed by atoms with Crippen LogP contribution in [0.3, 0.4) is 0 Å². The lowest BCUT2D eigenvalue weighted by Gasteiger charge is -2.11. The summed E-state index contributed by atoms with van der Waals surface area (Å²) in [6, 6.07) is 13.2. The van der Waals surface area contributed by atoms with Gasteiger partial charge >= 0.3 is 0 Å². The maximum atomic E-state index is 13.2. The van der Waals surface area contributed by atoms with Gasteiger partial charge in [-0.25, -0.2) is 9.37 Å². The third-order valence-corrected chi connectivity index (χ3v) is 4.13. The van der Waals surface area contributed by atoms with Crippen LogP contribution in [0.1, 0.15) is 5.56 Å². The molecular weight excluding hydrogens is 331 g/mol. The second kappa shape index (κ2) is 6.76. The second-order valence-electron chi connectivity index (χ2n) is 5.80. The van der Waals surface area contributed by atoms with Gasteiger partial charge in [-0.15, -0.1) is 0 Å². The molecule has 0 radical (unpaired) electrons. The van der Waals surface area contributed by atoms with E-state index in [1.165, 1.54) is 16.7 Å². The summed E-state index contributed by atoms with van der Waals surface area (Å²) in [6.07, 6.45) is 6.79. The molecule has 0 saturated heterocycles. The summed E-state index contributed by atoms with van der Waals surface area (Å²) < 4.78 is 14.7. The Morgan fingerprint density at radius 1 is 0.962 bits per heavy atom. The smallest absolute Gasteiger partial charge is 0.266 e. The van der Waals surface area contributed by atoms with E-state index in [9.17, 15) is 9.18 Å². The molecule has 0 amide bonds. The minimum atomic E-state index is -0.344. The van der Waals surface area contributed by atoms with Crippen molar-refractivity contribution >= 4 is 16.6 Å². The van der Waals surface area contributed by atoms with Gasteiger partial charge in [-0.05, 0) is 59.5 Å². The van der Waals surface area contributed by atoms with Crippen LogP contribution in [0.15, 0.2) is 78.1 Å². The van der Waals surface area contributed by atoms with Crippen molar-refractivity contribution < 1.29 is 4.39 Å². The molecule has 6 heteroatoms. The molecule has 0 fully saturated rings. The van der Waals surface area contributed by atoms with E-state index in [1.54, 1.807) is 43.0 Å². The van der Waals surface area contributed by atoms with E-state index < -0.39 is 0 Å². The van der Waals surface area contributed by atoms with E-state index >= 15 is 0 Å². The van der Waals surface area contributed by atoms with Crippen molar-refractivity contribution in [3.05, 3.63) is 95.1 Å². The highest BCUT2D eigenvalue weighted by Crippen LogP contribution is 2.19. The Kier molecular flexibility index (Phi) is 4.15. The lowest BCUT2D eigenvalue weighted by atomic mass is 10.2. The normalized spacial score (nSPS) is 10.8. The zero-order valence-electron chi connectivity index (χ0n) is 13.8. The highest BCUT2D eigenvalue weighted by Gasteiger charge is 2.10. The third kappa shape index (κ3) is 3.04. The Balaban J connectivity index is 1.77. The maximum Gasteiger partial charge on any atom is 0.266 e. The molecule has 1 N–H and O–H groups in total. The lowest BCUT2D eigenvalue weighted by molar-refractivity contribution is 0.627. The van der Waals surface area contributed by atoms with Crippen molar-refractivity contribution in [3.8, 4) is 5.69 Å². The van der Waals surface area contributed by atoms with E-state index in [-0.39, 0.29) is 11.4 Å². The number of rotatable bonds is 4. The van der Waals surface area contributed by atoms with Crippen molar-refractivity contribution in [2.45, 2.75) is 6.54 Å². The summed E-state index contributed by atoms with van der Waals surface area (Å²) in [7, 11) is 0. The summed E-state index contributed by atoms with van der Waals surface area (Å²) in [6.45, 7) is 0.527. The maximum absolute atomic E-state index is 13.2. The van der Waals surface area contributed by atoms with Crippen LogP contribution in [0.25, 0.3) is 16.5 Å². The summed E-state index contributed by atoms with van der Waals surface area (Å²) >= 11 is 0. The van der Waals surface area contributed by atoms with Gasteiger partial charge in [0.1, 0.15) is 11.6 Å². The van der Waals surface area contributed by atoms with Gasteiger partial charge in [0.15, 0.2) is 0 Å². The Morgan fingerprint density at radius 2 is 1.73 bits per heavy atom. The number of anilines is 1. The molecule has 4 rings (SSSR count). The first kappa shape index (κ1) is 16.0. The van der Waals surface area contributed by atoms with Crippen molar-refractivity contribution in [2.75, 3.05) is 5.32 Å². The van der Waals surface area contributed by atoms with Gasteiger partial charge in [0, 0.05) is 37.0 Å². The third-order valence-electron chi connectivity index (χ3n) is 4.13. The molecule has 0 aliphatic heterocycles. The quantitative estimate of drug-likeness (QED) is 0.614. The monoisotopic (exact) mass is 346 g/mol. The minimum Gasteiger partial charge on any atom is -0.365 e. The number of nitrogens with zero attached hydrogens (tertiary/aromatic N) is 3. The van der Waals surface area contributed by atoms with E-state index in [2.05, 4.69) is 15.3 Å². The van der Waals surface area contributed by atoms with Gasteiger partial charge in [-0.3, -0.25) is 14.3 Å². The summed E-state index contributed by atoms with van der Waals surface area (Å²) in [4.78, 5) is 21.3. The summed E-state index contributed by atoms with van der Waals surface area (Å²) in [5.74, 6) is 0.171.